The number of amides is 2. The zero-order valence-corrected chi connectivity index (χ0v) is 19.1. The highest BCUT2D eigenvalue weighted by atomic mass is 16.6. The van der Waals surface area contributed by atoms with E-state index in [9.17, 15) is 19.7 Å². The van der Waals surface area contributed by atoms with Gasteiger partial charge in [0.05, 0.1) is 34.3 Å². The lowest BCUT2D eigenvalue weighted by molar-refractivity contribution is -0.384. The molecule has 182 valence electrons. The van der Waals surface area contributed by atoms with Gasteiger partial charge in [0.25, 0.3) is 17.5 Å². The number of hydrogen-bond acceptors (Lipinski definition) is 7. The summed E-state index contributed by atoms with van der Waals surface area (Å²) in [6, 6.07) is 9.52. The number of carbonyl (C=O) groups excluding carboxylic acids is 2. The molecule has 0 bridgehead atoms. The Balaban J connectivity index is 1.38. The summed E-state index contributed by atoms with van der Waals surface area (Å²) in [5.74, 6) is 0.136. The monoisotopic (exact) mass is 478 g/mol. The first-order valence-electron chi connectivity index (χ1n) is 11.7. The van der Waals surface area contributed by atoms with Crippen LogP contribution in [0.4, 0.5) is 5.69 Å². The Kier molecular flexibility index (Phi) is 6.32. The van der Waals surface area contributed by atoms with Crippen LogP contribution in [0.25, 0.3) is 5.69 Å². The van der Waals surface area contributed by atoms with Crippen molar-refractivity contribution in [2.45, 2.75) is 18.8 Å². The number of nitrogens with one attached hydrogen (secondary N) is 1. The Morgan fingerprint density at radius 1 is 1.00 bits per heavy atom. The topological polar surface area (TPSA) is 127 Å². The Morgan fingerprint density at radius 2 is 1.66 bits per heavy atom. The normalized spacial score (nSPS) is 16.9. The van der Waals surface area contributed by atoms with Crippen molar-refractivity contribution in [2.24, 2.45) is 0 Å². The Labute approximate surface area is 201 Å². The van der Waals surface area contributed by atoms with E-state index < -0.39 is 4.92 Å². The smallest absolute Gasteiger partial charge is 0.289 e. The molecule has 2 aliphatic heterocycles. The first kappa shape index (κ1) is 22.8. The molecule has 1 N–H and O–H groups in total. The molecule has 0 spiro atoms. The lowest BCUT2D eigenvalue weighted by Gasteiger charge is -2.34. The lowest BCUT2D eigenvalue weighted by atomic mass is 9.91. The van der Waals surface area contributed by atoms with E-state index >= 15 is 0 Å². The molecule has 3 aromatic rings. The van der Waals surface area contributed by atoms with Gasteiger partial charge in [-0.2, -0.15) is 5.10 Å². The van der Waals surface area contributed by atoms with Gasteiger partial charge in [-0.25, -0.2) is 4.68 Å². The summed E-state index contributed by atoms with van der Waals surface area (Å²) < 4.78 is 6.95. The number of nitro groups is 1. The van der Waals surface area contributed by atoms with Gasteiger partial charge in [0.15, 0.2) is 5.76 Å². The molecular weight excluding hydrogens is 452 g/mol. The number of piperazine rings is 1. The van der Waals surface area contributed by atoms with Gasteiger partial charge in [0.1, 0.15) is 0 Å². The summed E-state index contributed by atoms with van der Waals surface area (Å²) >= 11 is 0. The van der Waals surface area contributed by atoms with Crippen LogP contribution in [0.1, 0.15) is 45.4 Å². The molecule has 0 atom stereocenters. The summed E-state index contributed by atoms with van der Waals surface area (Å²) in [4.78, 5) is 40.2. The molecule has 0 unspecified atom stereocenters. The van der Waals surface area contributed by atoms with E-state index in [1.54, 1.807) is 44.9 Å². The van der Waals surface area contributed by atoms with Crippen molar-refractivity contribution in [2.75, 3.05) is 39.3 Å². The zero-order chi connectivity index (χ0) is 24.4. The van der Waals surface area contributed by atoms with Crippen molar-refractivity contribution in [3.63, 3.8) is 0 Å². The van der Waals surface area contributed by atoms with Crippen molar-refractivity contribution in [1.82, 2.24) is 24.9 Å². The molecule has 0 saturated carbocycles. The van der Waals surface area contributed by atoms with Gasteiger partial charge < -0.3 is 19.5 Å². The van der Waals surface area contributed by atoms with Crippen molar-refractivity contribution < 1.29 is 18.9 Å². The van der Waals surface area contributed by atoms with Crippen molar-refractivity contribution in [3.8, 4) is 5.69 Å². The Bertz CT molecular complexity index is 1210. The van der Waals surface area contributed by atoms with Crippen LogP contribution >= 0.6 is 0 Å². The minimum Gasteiger partial charge on any atom is -0.459 e. The van der Waals surface area contributed by atoms with E-state index in [1.165, 1.54) is 18.4 Å². The van der Waals surface area contributed by atoms with Crippen LogP contribution in [0.2, 0.25) is 0 Å². The second-order valence-corrected chi connectivity index (χ2v) is 8.71. The quantitative estimate of drug-likeness (QED) is 0.441. The van der Waals surface area contributed by atoms with Crippen molar-refractivity contribution in [3.05, 3.63) is 76.0 Å². The Hall–Kier alpha value is -3.99. The van der Waals surface area contributed by atoms with Gasteiger partial charge in [0, 0.05) is 44.2 Å². The minimum absolute atomic E-state index is 0.00240. The number of benzene rings is 1. The van der Waals surface area contributed by atoms with Crippen LogP contribution in [-0.2, 0) is 0 Å². The molecular formula is C24H26N6O5. The molecule has 0 aliphatic carbocycles. The molecule has 2 amide bonds. The maximum atomic E-state index is 13.6. The van der Waals surface area contributed by atoms with Gasteiger partial charge in [-0.05, 0) is 50.2 Å². The predicted octanol–water partition coefficient (Wildman–Crippen LogP) is 2.44. The standard InChI is InChI=1S/C24H26N6O5/c31-23(27-11-13-28(14-12-27)24(32)21-2-1-15-35-21)20-16-26-29(22(20)17-7-9-25-10-8-17)18-3-5-19(6-4-18)30(33)34/h1-6,15-17,25H,7-14H2. The Morgan fingerprint density at radius 3 is 2.26 bits per heavy atom. The van der Waals surface area contributed by atoms with Crippen LogP contribution in [0, 0.1) is 10.1 Å². The SMILES string of the molecule is O=C(c1ccco1)N1CCN(C(=O)c2cnn(-c3ccc([N+](=O)[O-])cc3)c2C2CCNCC2)CC1. The predicted molar refractivity (Wildman–Crippen MR) is 126 cm³/mol. The average Bonchev–Trinajstić information content (AvgIpc) is 3.59. The molecule has 11 heteroatoms. The second kappa shape index (κ2) is 9.71. The molecule has 2 saturated heterocycles. The number of aromatic nitrogens is 2. The molecule has 5 rings (SSSR count). The first-order chi connectivity index (χ1) is 17.0. The van der Waals surface area contributed by atoms with E-state index in [2.05, 4.69) is 10.4 Å². The number of carbonyl (C=O) groups is 2. The van der Waals surface area contributed by atoms with Crippen molar-refractivity contribution in [1.29, 1.82) is 0 Å². The fraction of sp³-hybridized carbons (Fsp3) is 0.375. The summed E-state index contributed by atoms with van der Waals surface area (Å²) in [7, 11) is 0. The van der Waals surface area contributed by atoms with Crippen LogP contribution in [0.5, 0.6) is 0 Å². The maximum Gasteiger partial charge on any atom is 0.289 e. The molecule has 2 fully saturated rings. The molecule has 0 radical (unpaired) electrons. The molecule has 4 heterocycles. The highest BCUT2D eigenvalue weighted by Crippen LogP contribution is 2.31. The first-order valence-corrected chi connectivity index (χ1v) is 11.7. The van der Waals surface area contributed by atoms with Crippen LogP contribution in [0.15, 0.2) is 53.3 Å². The minimum atomic E-state index is -0.439. The van der Waals surface area contributed by atoms with E-state index in [0.29, 0.717) is 43.2 Å². The molecule has 11 nitrogen and oxygen atoms in total. The van der Waals surface area contributed by atoms with Gasteiger partial charge in [0.2, 0.25) is 0 Å². The number of nitro benzene ring substituents is 1. The lowest BCUT2D eigenvalue weighted by Crippen LogP contribution is -2.50. The van der Waals surface area contributed by atoms with Gasteiger partial charge in [-0.3, -0.25) is 19.7 Å². The molecule has 2 aromatic heterocycles. The number of piperidine rings is 1. The fourth-order valence-electron chi connectivity index (χ4n) is 4.77. The third kappa shape index (κ3) is 4.54. The molecule has 2 aliphatic rings. The maximum absolute atomic E-state index is 13.6. The number of rotatable bonds is 5. The second-order valence-electron chi connectivity index (χ2n) is 8.71. The number of nitrogens with zero attached hydrogens (tertiary/aromatic N) is 5. The third-order valence-corrected chi connectivity index (χ3v) is 6.65. The number of furan rings is 1. The third-order valence-electron chi connectivity index (χ3n) is 6.65. The van der Waals surface area contributed by atoms with E-state index in [-0.39, 0.29) is 23.4 Å². The highest BCUT2D eigenvalue weighted by molar-refractivity contribution is 5.96. The van der Waals surface area contributed by atoms with E-state index in [0.717, 1.165) is 31.6 Å². The fourth-order valence-corrected chi connectivity index (χ4v) is 4.77. The molecule has 1 aromatic carbocycles. The largest absolute Gasteiger partial charge is 0.459 e. The van der Waals surface area contributed by atoms with Crippen LogP contribution < -0.4 is 5.32 Å². The summed E-state index contributed by atoms with van der Waals surface area (Å²) in [6.07, 6.45) is 4.80. The van der Waals surface area contributed by atoms with Crippen LogP contribution in [0.3, 0.4) is 0 Å². The highest BCUT2D eigenvalue weighted by Gasteiger charge is 2.32. The van der Waals surface area contributed by atoms with Crippen molar-refractivity contribution >= 4 is 17.5 Å². The van der Waals surface area contributed by atoms with E-state index in [1.807, 2.05) is 0 Å². The average molecular weight is 479 g/mol. The van der Waals surface area contributed by atoms with Crippen LogP contribution in [-0.4, -0.2) is 75.6 Å². The molecule has 35 heavy (non-hydrogen) atoms. The zero-order valence-electron chi connectivity index (χ0n) is 19.1. The van der Waals surface area contributed by atoms with Gasteiger partial charge in [-0.15, -0.1) is 0 Å². The van der Waals surface area contributed by atoms with Gasteiger partial charge in [-0.1, -0.05) is 0 Å². The summed E-state index contributed by atoms with van der Waals surface area (Å²) in [6.45, 7) is 3.36. The van der Waals surface area contributed by atoms with Gasteiger partial charge >= 0.3 is 0 Å². The number of non-ortho nitro benzene ring substituents is 1. The van der Waals surface area contributed by atoms with E-state index in [4.69, 9.17) is 4.42 Å². The number of hydrogen-bond donors (Lipinski definition) is 1. The summed E-state index contributed by atoms with van der Waals surface area (Å²) in [5, 5.41) is 18.9. The summed E-state index contributed by atoms with van der Waals surface area (Å²) in [5.41, 5.74) is 2.06.